The second-order valence-corrected chi connectivity index (χ2v) is 5.29. The third-order valence-corrected chi connectivity index (χ3v) is 3.49. The summed E-state index contributed by atoms with van der Waals surface area (Å²) in [5, 5.41) is 0. The van der Waals surface area contributed by atoms with Gasteiger partial charge in [0.15, 0.2) is 0 Å². The smallest absolute Gasteiger partial charge is 0.293 e. The zero-order valence-electron chi connectivity index (χ0n) is 12.6. The molecule has 0 N–H and O–H groups in total. The molecule has 0 radical (unpaired) electrons. The van der Waals surface area contributed by atoms with Crippen molar-refractivity contribution in [1.29, 1.82) is 0 Å². The number of rotatable bonds is 16. The van der Waals surface area contributed by atoms with Crippen LogP contribution in [0.4, 0.5) is 0 Å². The molecule has 0 aliphatic rings. The van der Waals surface area contributed by atoms with Crippen LogP contribution in [0, 0.1) is 0 Å². The fourth-order valence-corrected chi connectivity index (χ4v) is 2.29. The first-order chi connectivity index (χ1) is 9.41. The van der Waals surface area contributed by atoms with Gasteiger partial charge in [-0.05, 0) is 19.3 Å². The predicted octanol–water partition coefficient (Wildman–Crippen LogP) is 5.42. The van der Waals surface area contributed by atoms with Crippen LogP contribution in [0.3, 0.4) is 0 Å². The Kier molecular flexibility index (Phi) is 16.5. The molecule has 0 aromatic heterocycles. The van der Waals surface area contributed by atoms with Gasteiger partial charge in [-0.3, -0.25) is 4.79 Å². The van der Waals surface area contributed by atoms with Gasteiger partial charge in [-0.2, -0.15) is 0 Å². The summed E-state index contributed by atoms with van der Waals surface area (Å²) in [5.74, 6) is 0. The van der Waals surface area contributed by atoms with E-state index in [1.165, 1.54) is 77.0 Å². The molecular weight excluding hydrogens is 236 g/mol. The number of hydrogen-bond acceptors (Lipinski definition) is 2. The molecule has 0 aliphatic heterocycles. The zero-order chi connectivity index (χ0) is 14.0. The lowest BCUT2D eigenvalue weighted by atomic mass is 10.0. The van der Waals surface area contributed by atoms with Crippen LogP contribution in [0.25, 0.3) is 0 Å². The summed E-state index contributed by atoms with van der Waals surface area (Å²) in [4.78, 5) is 9.91. The number of hydrogen-bond donors (Lipinski definition) is 0. The highest BCUT2D eigenvalue weighted by atomic mass is 16.5. The first kappa shape index (κ1) is 18.2. The maximum Gasteiger partial charge on any atom is 0.293 e. The normalized spacial score (nSPS) is 10.3. The van der Waals surface area contributed by atoms with E-state index in [0.717, 1.165) is 6.42 Å². The molecule has 0 fully saturated rings. The topological polar surface area (TPSA) is 26.3 Å². The van der Waals surface area contributed by atoms with Crippen molar-refractivity contribution in [2.75, 3.05) is 6.61 Å². The zero-order valence-corrected chi connectivity index (χ0v) is 12.6. The van der Waals surface area contributed by atoms with Crippen LogP contribution in [-0.2, 0) is 9.53 Å². The van der Waals surface area contributed by atoms with E-state index in [9.17, 15) is 4.79 Å². The molecule has 0 saturated heterocycles. The molecule has 112 valence electrons. The van der Waals surface area contributed by atoms with E-state index in [0.29, 0.717) is 13.1 Å². The molecule has 0 spiro atoms. The van der Waals surface area contributed by atoms with Gasteiger partial charge >= 0.3 is 0 Å². The number of ether oxygens (including phenoxy) is 1. The average Bonchev–Trinajstić information content (AvgIpc) is 2.43. The minimum absolute atomic E-state index is 0.539. The van der Waals surface area contributed by atoms with Crippen molar-refractivity contribution in [2.45, 2.75) is 83.5 Å². The molecule has 2 heteroatoms. The van der Waals surface area contributed by atoms with Crippen molar-refractivity contribution >= 4 is 6.47 Å². The predicted molar refractivity (Wildman–Crippen MR) is 82.2 cm³/mol. The SMILES string of the molecule is C=CCCCCCCCCCCCCCCOC=O. The Bertz CT molecular complexity index is 170. The molecule has 0 heterocycles. The van der Waals surface area contributed by atoms with Crippen molar-refractivity contribution in [1.82, 2.24) is 0 Å². The monoisotopic (exact) mass is 268 g/mol. The van der Waals surface area contributed by atoms with Gasteiger partial charge in [0.1, 0.15) is 0 Å². The van der Waals surface area contributed by atoms with Crippen LogP contribution in [0.1, 0.15) is 83.5 Å². The quantitative estimate of drug-likeness (QED) is 0.212. The van der Waals surface area contributed by atoms with Crippen LogP contribution in [0.2, 0.25) is 0 Å². The maximum absolute atomic E-state index is 9.91. The number of allylic oxidation sites excluding steroid dienone is 1. The van der Waals surface area contributed by atoms with E-state index in [1.54, 1.807) is 0 Å². The van der Waals surface area contributed by atoms with Crippen LogP contribution in [0.15, 0.2) is 12.7 Å². The van der Waals surface area contributed by atoms with E-state index < -0.39 is 0 Å². The third-order valence-electron chi connectivity index (χ3n) is 3.49. The molecular formula is C17H32O2. The van der Waals surface area contributed by atoms with Gasteiger partial charge < -0.3 is 4.74 Å². The summed E-state index contributed by atoms with van der Waals surface area (Å²) in [6.07, 6.45) is 19.1. The summed E-state index contributed by atoms with van der Waals surface area (Å²) in [6.45, 7) is 4.87. The van der Waals surface area contributed by atoms with Crippen LogP contribution >= 0.6 is 0 Å². The maximum atomic E-state index is 9.91. The first-order valence-electron chi connectivity index (χ1n) is 8.08. The van der Waals surface area contributed by atoms with Crippen molar-refractivity contribution < 1.29 is 9.53 Å². The molecule has 0 unspecified atom stereocenters. The van der Waals surface area contributed by atoms with E-state index in [2.05, 4.69) is 11.3 Å². The van der Waals surface area contributed by atoms with Gasteiger partial charge in [-0.15, -0.1) is 6.58 Å². The Balaban J connectivity index is 2.91. The second-order valence-electron chi connectivity index (χ2n) is 5.29. The largest absolute Gasteiger partial charge is 0.468 e. The minimum Gasteiger partial charge on any atom is -0.468 e. The van der Waals surface area contributed by atoms with Gasteiger partial charge in [0, 0.05) is 0 Å². The highest BCUT2D eigenvalue weighted by molar-refractivity contribution is 5.36. The van der Waals surface area contributed by atoms with Crippen molar-refractivity contribution in [3.05, 3.63) is 12.7 Å². The van der Waals surface area contributed by atoms with Crippen LogP contribution < -0.4 is 0 Å². The standard InChI is InChI=1S/C17H32O2/c1-2-3-4-5-6-7-8-9-10-11-12-13-14-15-16-19-17-18/h2,17H,1,3-16H2. The summed E-state index contributed by atoms with van der Waals surface area (Å²) >= 11 is 0. The molecule has 0 rings (SSSR count). The number of unbranched alkanes of at least 4 members (excludes halogenated alkanes) is 12. The van der Waals surface area contributed by atoms with Crippen LogP contribution in [0.5, 0.6) is 0 Å². The lowest BCUT2D eigenvalue weighted by molar-refractivity contribution is -0.128. The van der Waals surface area contributed by atoms with Crippen molar-refractivity contribution in [3.8, 4) is 0 Å². The summed E-state index contributed by atoms with van der Waals surface area (Å²) in [6, 6.07) is 0. The van der Waals surface area contributed by atoms with Gasteiger partial charge in [0.2, 0.25) is 0 Å². The fraction of sp³-hybridized carbons (Fsp3) is 0.824. The Labute approximate surface area is 119 Å². The van der Waals surface area contributed by atoms with E-state index in [1.807, 2.05) is 6.08 Å². The third kappa shape index (κ3) is 17.2. The molecule has 0 aromatic carbocycles. The van der Waals surface area contributed by atoms with Crippen molar-refractivity contribution in [2.24, 2.45) is 0 Å². The molecule has 0 atom stereocenters. The first-order valence-corrected chi connectivity index (χ1v) is 8.08. The van der Waals surface area contributed by atoms with Gasteiger partial charge in [-0.25, -0.2) is 0 Å². The minimum atomic E-state index is 0.539. The van der Waals surface area contributed by atoms with Crippen molar-refractivity contribution in [3.63, 3.8) is 0 Å². The Morgan fingerprint density at radius 1 is 0.684 bits per heavy atom. The molecule has 0 aliphatic carbocycles. The summed E-state index contributed by atoms with van der Waals surface area (Å²) < 4.78 is 4.65. The van der Waals surface area contributed by atoms with E-state index in [-0.39, 0.29) is 0 Å². The van der Waals surface area contributed by atoms with Gasteiger partial charge in [-0.1, -0.05) is 70.3 Å². The van der Waals surface area contributed by atoms with Crippen LogP contribution in [-0.4, -0.2) is 13.1 Å². The Morgan fingerprint density at radius 3 is 1.53 bits per heavy atom. The Hall–Kier alpha value is -0.790. The highest BCUT2D eigenvalue weighted by Gasteiger charge is 1.93. The molecule has 2 nitrogen and oxygen atoms in total. The summed E-state index contributed by atoms with van der Waals surface area (Å²) in [5.41, 5.74) is 0. The Morgan fingerprint density at radius 2 is 1.11 bits per heavy atom. The van der Waals surface area contributed by atoms with Gasteiger partial charge in [0.05, 0.1) is 6.61 Å². The molecule has 0 aromatic rings. The number of carbonyl (C=O) groups is 1. The second kappa shape index (κ2) is 17.2. The average molecular weight is 268 g/mol. The summed E-state index contributed by atoms with van der Waals surface area (Å²) in [7, 11) is 0. The molecule has 0 bridgehead atoms. The highest BCUT2D eigenvalue weighted by Crippen LogP contribution is 2.12. The number of carbonyl (C=O) groups excluding carboxylic acids is 1. The molecule has 0 saturated carbocycles. The lowest BCUT2D eigenvalue weighted by Gasteiger charge is -2.02. The lowest BCUT2D eigenvalue weighted by Crippen LogP contribution is -1.91. The molecule has 0 amide bonds. The van der Waals surface area contributed by atoms with E-state index in [4.69, 9.17) is 0 Å². The van der Waals surface area contributed by atoms with Gasteiger partial charge in [0.25, 0.3) is 6.47 Å². The molecule has 19 heavy (non-hydrogen) atoms. The fourth-order valence-electron chi connectivity index (χ4n) is 2.29. The van der Waals surface area contributed by atoms with E-state index >= 15 is 0 Å².